The molecule has 0 fully saturated rings. The first-order chi connectivity index (χ1) is 10.6. The Balaban J connectivity index is 2.06. The van der Waals surface area contributed by atoms with Crippen LogP contribution in [0.2, 0.25) is 5.15 Å². The van der Waals surface area contributed by atoms with E-state index >= 15 is 0 Å². The van der Waals surface area contributed by atoms with Crippen molar-refractivity contribution in [2.24, 2.45) is 5.92 Å². The third-order valence-electron chi connectivity index (χ3n) is 4.71. The number of nitrogens with two attached hydrogens (primary N) is 1. The number of fused-ring (bicyclic) bond motifs is 4. The van der Waals surface area contributed by atoms with Gasteiger partial charge >= 0.3 is 0 Å². The van der Waals surface area contributed by atoms with Gasteiger partial charge in [0.1, 0.15) is 5.15 Å². The molecule has 3 heterocycles. The van der Waals surface area contributed by atoms with E-state index in [0.717, 1.165) is 47.9 Å². The van der Waals surface area contributed by atoms with E-state index in [9.17, 15) is 4.79 Å². The zero-order valence-electron chi connectivity index (χ0n) is 12.4. The Hall–Kier alpha value is -1.88. The van der Waals surface area contributed by atoms with Crippen molar-refractivity contribution in [3.63, 3.8) is 0 Å². The van der Waals surface area contributed by atoms with Crippen LogP contribution in [0.4, 0.5) is 11.4 Å². The number of aromatic nitrogens is 2. The third kappa shape index (κ3) is 1.88. The van der Waals surface area contributed by atoms with Crippen molar-refractivity contribution in [3.05, 3.63) is 22.0 Å². The minimum atomic E-state index is -0.115. The number of rotatable bonds is 0. The first-order valence-corrected chi connectivity index (χ1v) is 8.04. The minimum absolute atomic E-state index is 0.00631. The summed E-state index contributed by atoms with van der Waals surface area (Å²) in [7, 11) is 0. The van der Waals surface area contributed by atoms with E-state index in [4.69, 9.17) is 17.3 Å². The SMILES string of the molecule is CC1Cc2c(Cl)nc3nc4c(c(N)c3c2NC1=O)CCCC4. The number of aryl methyl sites for hydroxylation is 1. The molecule has 1 aliphatic heterocycles. The first-order valence-electron chi connectivity index (χ1n) is 7.66. The summed E-state index contributed by atoms with van der Waals surface area (Å²) in [5.74, 6) is -0.121. The number of hydrogen-bond acceptors (Lipinski definition) is 4. The summed E-state index contributed by atoms with van der Waals surface area (Å²) in [5.41, 5.74) is 11.4. The molecule has 1 amide bonds. The van der Waals surface area contributed by atoms with Crippen molar-refractivity contribution in [2.75, 3.05) is 11.1 Å². The average Bonchev–Trinajstić information content (AvgIpc) is 2.49. The molecule has 0 saturated heterocycles. The number of carbonyl (C=O) groups is 1. The van der Waals surface area contributed by atoms with Crippen LogP contribution in [0, 0.1) is 5.92 Å². The number of hydrogen-bond donors (Lipinski definition) is 2. The normalized spacial score (nSPS) is 20.5. The molecule has 1 atom stereocenters. The highest BCUT2D eigenvalue weighted by molar-refractivity contribution is 6.32. The molecule has 0 bridgehead atoms. The van der Waals surface area contributed by atoms with Gasteiger partial charge in [-0.2, -0.15) is 0 Å². The van der Waals surface area contributed by atoms with Gasteiger partial charge in [0, 0.05) is 22.9 Å². The Morgan fingerprint density at radius 1 is 1.23 bits per heavy atom. The van der Waals surface area contributed by atoms with E-state index in [1.54, 1.807) is 0 Å². The second-order valence-corrected chi connectivity index (χ2v) is 6.57. The van der Waals surface area contributed by atoms with Gasteiger partial charge in [-0.1, -0.05) is 18.5 Å². The van der Waals surface area contributed by atoms with Gasteiger partial charge in [0.05, 0.1) is 11.1 Å². The lowest BCUT2D eigenvalue weighted by molar-refractivity contribution is -0.119. The maximum absolute atomic E-state index is 12.1. The Morgan fingerprint density at radius 3 is 2.82 bits per heavy atom. The van der Waals surface area contributed by atoms with E-state index in [1.165, 1.54) is 0 Å². The van der Waals surface area contributed by atoms with Crippen molar-refractivity contribution >= 4 is 39.9 Å². The molecule has 0 saturated carbocycles. The highest BCUT2D eigenvalue weighted by Gasteiger charge is 2.29. The van der Waals surface area contributed by atoms with Crippen LogP contribution >= 0.6 is 11.6 Å². The van der Waals surface area contributed by atoms with Crippen molar-refractivity contribution in [1.82, 2.24) is 9.97 Å². The average molecular weight is 317 g/mol. The van der Waals surface area contributed by atoms with Crippen molar-refractivity contribution in [1.29, 1.82) is 0 Å². The van der Waals surface area contributed by atoms with Crippen molar-refractivity contribution in [3.8, 4) is 0 Å². The third-order valence-corrected chi connectivity index (χ3v) is 5.02. The molecular formula is C16H17ClN4O. The van der Waals surface area contributed by atoms with E-state index in [-0.39, 0.29) is 11.8 Å². The molecule has 1 unspecified atom stereocenters. The molecule has 2 aromatic heterocycles. The number of pyridine rings is 2. The molecule has 5 nitrogen and oxygen atoms in total. The lowest BCUT2D eigenvalue weighted by atomic mass is 9.90. The van der Waals surface area contributed by atoms with Crippen LogP contribution < -0.4 is 11.1 Å². The summed E-state index contributed by atoms with van der Waals surface area (Å²) in [4.78, 5) is 21.2. The molecule has 0 aromatic carbocycles. The standard InChI is InChI=1S/C16H17ClN4O/c1-7-6-9-13(20-16(7)22)11-12(18)8-4-2-3-5-10(8)19-15(11)21-14(9)17/h7H,2-6H2,1H3,(H,20,22)(H2,18,19,21). The lowest BCUT2D eigenvalue weighted by Crippen LogP contribution is -2.28. The van der Waals surface area contributed by atoms with Gasteiger partial charge in [-0.05, 0) is 37.7 Å². The summed E-state index contributed by atoms with van der Waals surface area (Å²) in [6.45, 7) is 1.88. The van der Waals surface area contributed by atoms with Crippen molar-refractivity contribution in [2.45, 2.75) is 39.0 Å². The molecule has 4 rings (SSSR count). The lowest BCUT2D eigenvalue weighted by Gasteiger charge is -2.26. The van der Waals surface area contributed by atoms with Gasteiger partial charge in [0.15, 0.2) is 5.65 Å². The van der Waals surface area contributed by atoms with Crippen LogP contribution in [0.3, 0.4) is 0 Å². The highest BCUT2D eigenvalue weighted by Crippen LogP contribution is 2.41. The zero-order chi connectivity index (χ0) is 15.4. The monoisotopic (exact) mass is 316 g/mol. The smallest absolute Gasteiger partial charge is 0.227 e. The number of nitrogens with one attached hydrogen (secondary N) is 1. The number of nitrogens with zero attached hydrogens (tertiary/aromatic N) is 2. The van der Waals surface area contributed by atoms with E-state index in [2.05, 4.69) is 15.3 Å². The van der Waals surface area contributed by atoms with Crippen LogP contribution in [0.15, 0.2) is 0 Å². The van der Waals surface area contributed by atoms with Gasteiger partial charge < -0.3 is 11.1 Å². The van der Waals surface area contributed by atoms with Crippen LogP contribution in [0.25, 0.3) is 11.0 Å². The fourth-order valence-corrected chi connectivity index (χ4v) is 3.72. The van der Waals surface area contributed by atoms with Gasteiger partial charge in [0.2, 0.25) is 5.91 Å². The summed E-state index contributed by atoms with van der Waals surface area (Å²) in [6, 6.07) is 0. The first kappa shape index (κ1) is 13.8. The molecule has 22 heavy (non-hydrogen) atoms. The number of carbonyl (C=O) groups excluding carboxylic acids is 1. The highest BCUT2D eigenvalue weighted by atomic mass is 35.5. The van der Waals surface area contributed by atoms with Crippen LogP contribution in [-0.4, -0.2) is 15.9 Å². The van der Waals surface area contributed by atoms with Crippen LogP contribution in [-0.2, 0) is 24.1 Å². The summed E-state index contributed by atoms with van der Waals surface area (Å²) < 4.78 is 0. The van der Waals surface area contributed by atoms with Crippen LogP contribution in [0.5, 0.6) is 0 Å². The molecule has 6 heteroatoms. The Morgan fingerprint density at radius 2 is 2.00 bits per heavy atom. The zero-order valence-corrected chi connectivity index (χ0v) is 13.1. The number of amides is 1. The minimum Gasteiger partial charge on any atom is -0.398 e. The van der Waals surface area contributed by atoms with Crippen molar-refractivity contribution < 1.29 is 4.79 Å². The molecule has 3 N–H and O–H groups in total. The van der Waals surface area contributed by atoms with Gasteiger partial charge in [-0.3, -0.25) is 4.79 Å². The predicted octanol–water partition coefficient (Wildman–Crippen LogP) is 2.87. The molecule has 1 aliphatic carbocycles. The Labute approximate surface area is 133 Å². The summed E-state index contributed by atoms with van der Waals surface area (Å²) >= 11 is 6.33. The number of anilines is 2. The van der Waals surface area contributed by atoms with Gasteiger partial charge in [-0.15, -0.1) is 0 Å². The quantitative estimate of drug-likeness (QED) is 0.732. The number of halogens is 1. The Kier molecular flexibility index (Phi) is 3.01. The van der Waals surface area contributed by atoms with Crippen LogP contribution in [0.1, 0.15) is 36.6 Å². The second kappa shape index (κ2) is 4.81. The summed E-state index contributed by atoms with van der Waals surface area (Å²) in [5, 5.41) is 4.12. The summed E-state index contributed by atoms with van der Waals surface area (Å²) in [6.07, 6.45) is 4.69. The van der Waals surface area contributed by atoms with Gasteiger partial charge in [-0.25, -0.2) is 9.97 Å². The molecule has 0 spiro atoms. The van der Waals surface area contributed by atoms with E-state index < -0.39 is 0 Å². The maximum atomic E-state index is 12.1. The molecule has 0 radical (unpaired) electrons. The predicted molar refractivity (Wildman–Crippen MR) is 87.1 cm³/mol. The fraction of sp³-hybridized carbons (Fsp3) is 0.438. The topological polar surface area (TPSA) is 80.9 Å². The molecular weight excluding hydrogens is 300 g/mol. The largest absolute Gasteiger partial charge is 0.398 e. The molecule has 2 aliphatic rings. The van der Waals surface area contributed by atoms with Gasteiger partial charge in [0.25, 0.3) is 0 Å². The molecule has 2 aromatic rings. The van der Waals surface area contributed by atoms with E-state index in [0.29, 0.717) is 28.6 Å². The molecule has 114 valence electrons. The Bertz CT molecular complexity index is 818. The second-order valence-electron chi connectivity index (χ2n) is 6.21. The fourth-order valence-electron chi connectivity index (χ4n) is 3.47. The van der Waals surface area contributed by atoms with E-state index in [1.807, 2.05) is 6.92 Å². The number of nitrogen functional groups attached to an aromatic ring is 1. The maximum Gasteiger partial charge on any atom is 0.227 e.